The number of sulfonamides is 1. The van der Waals surface area contributed by atoms with E-state index in [2.05, 4.69) is 10.3 Å². The zero-order chi connectivity index (χ0) is 21.3. The van der Waals surface area contributed by atoms with Crippen LogP contribution in [0.15, 0.2) is 79.8 Å². The minimum Gasteiger partial charge on any atom is -0.307 e. The molecule has 0 saturated carbocycles. The number of nitrogens with one attached hydrogen (secondary N) is 3. The predicted octanol–water partition coefficient (Wildman–Crippen LogP) is 2.25. The minimum atomic E-state index is -3.95. The number of amides is 2. The van der Waals surface area contributed by atoms with Crippen LogP contribution in [-0.2, 0) is 10.0 Å². The fourth-order valence-corrected chi connectivity index (χ4v) is 4.74. The summed E-state index contributed by atoms with van der Waals surface area (Å²) in [5, 5.41) is 4.34. The number of rotatable bonds is 4. The molecule has 0 atom stereocenters. The molecule has 152 valence electrons. The Bertz CT molecular complexity index is 1450. The number of carbonyl (C=O) groups excluding carboxylic acids is 1. The van der Waals surface area contributed by atoms with Crippen molar-refractivity contribution in [2.24, 2.45) is 0 Å². The molecule has 2 heterocycles. The van der Waals surface area contributed by atoms with Crippen molar-refractivity contribution >= 4 is 44.0 Å². The summed E-state index contributed by atoms with van der Waals surface area (Å²) < 4.78 is 27.1. The van der Waals surface area contributed by atoms with Crippen LogP contribution in [0.4, 0.5) is 10.5 Å². The third-order valence-electron chi connectivity index (χ3n) is 4.18. The number of carbonyl (C=O) groups is 1. The molecule has 30 heavy (non-hydrogen) atoms. The molecule has 2 amide bonds. The number of H-pyrrole nitrogens is 1. The Morgan fingerprint density at radius 2 is 1.70 bits per heavy atom. The summed E-state index contributed by atoms with van der Waals surface area (Å²) in [5.74, 6) is 0. The summed E-state index contributed by atoms with van der Waals surface area (Å²) in [6.07, 6.45) is 0. The van der Waals surface area contributed by atoms with Gasteiger partial charge in [0.25, 0.3) is 15.6 Å². The molecule has 0 unspecified atom stereocenters. The quantitative estimate of drug-likeness (QED) is 0.446. The van der Waals surface area contributed by atoms with Gasteiger partial charge in [-0.15, -0.1) is 11.3 Å². The van der Waals surface area contributed by atoms with E-state index in [1.807, 2.05) is 4.72 Å². The van der Waals surface area contributed by atoms with Crippen molar-refractivity contribution in [2.75, 3.05) is 5.32 Å². The maximum atomic E-state index is 12.7. The standard InChI is InChI=1S/C19H14N4O5S2/c24-17-14-4-1-2-5-15(14)21-19(26)23(17)13-9-7-12(8-10-13)20-18(25)22-30(27,28)16-6-3-11-29-16/h1-11H,(H,21,26)(H2,20,22,25). The second kappa shape index (κ2) is 7.61. The van der Waals surface area contributed by atoms with Crippen LogP contribution in [0.3, 0.4) is 0 Å². The lowest BCUT2D eigenvalue weighted by Gasteiger charge is -2.09. The van der Waals surface area contributed by atoms with E-state index in [1.54, 1.807) is 35.7 Å². The number of thiophene rings is 1. The molecule has 0 aliphatic rings. The zero-order valence-electron chi connectivity index (χ0n) is 15.2. The summed E-state index contributed by atoms with van der Waals surface area (Å²) >= 11 is 0.986. The number of benzene rings is 2. The maximum Gasteiger partial charge on any atom is 0.333 e. The number of nitrogens with zero attached hydrogens (tertiary/aromatic N) is 1. The van der Waals surface area contributed by atoms with Crippen molar-refractivity contribution in [1.29, 1.82) is 0 Å². The van der Waals surface area contributed by atoms with Crippen LogP contribution in [0.25, 0.3) is 16.6 Å². The summed E-state index contributed by atoms with van der Waals surface area (Å²) in [6.45, 7) is 0. The van der Waals surface area contributed by atoms with Gasteiger partial charge in [0.2, 0.25) is 0 Å². The van der Waals surface area contributed by atoms with Crippen LogP contribution in [0.5, 0.6) is 0 Å². The van der Waals surface area contributed by atoms with Gasteiger partial charge in [-0.2, -0.15) is 0 Å². The van der Waals surface area contributed by atoms with Crippen LogP contribution < -0.4 is 21.3 Å². The Labute approximate surface area is 173 Å². The van der Waals surface area contributed by atoms with E-state index < -0.39 is 27.3 Å². The van der Waals surface area contributed by atoms with Crippen LogP contribution in [0.1, 0.15) is 0 Å². The molecule has 11 heteroatoms. The number of hydrogen-bond acceptors (Lipinski definition) is 6. The van der Waals surface area contributed by atoms with Crippen LogP contribution in [0, 0.1) is 0 Å². The van der Waals surface area contributed by atoms with Gasteiger partial charge in [-0.05, 0) is 47.8 Å². The first-order chi connectivity index (χ1) is 14.3. The van der Waals surface area contributed by atoms with Crippen molar-refractivity contribution in [1.82, 2.24) is 14.3 Å². The lowest BCUT2D eigenvalue weighted by Crippen LogP contribution is -2.34. The Morgan fingerprint density at radius 3 is 2.40 bits per heavy atom. The first-order valence-corrected chi connectivity index (χ1v) is 10.9. The van der Waals surface area contributed by atoms with E-state index in [4.69, 9.17) is 0 Å². The smallest absolute Gasteiger partial charge is 0.307 e. The van der Waals surface area contributed by atoms with E-state index in [1.165, 1.54) is 30.3 Å². The normalized spacial score (nSPS) is 11.3. The molecule has 0 aliphatic heterocycles. The molecule has 4 rings (SSSR count). The molecule has 0 saturated heterocycles. The highest BCUT2D eigenvalue weighted by molar-refractivity contribution is 7.92. The van der Waals surface area contributed by atoms with E-state index in [0.717, 1.165) is 15.9 Å². The maximum absolute atomic E-state index is 12.7. The lowest BCUT2D eigenvalue weighted by atomic mass is 10.2. The van der Waals surface area contributed by atoms with Crippen LogP contribution in [0.2, 0.25) is 0 Å². The third-order valence-corrected chi connectivity index (χ3v) is 6.90. The molecular weight excluding hydrogens is 428 g/mol. The topological polar surface area (TPSA) is 130 Å². The van der Waals surface area contributed by atoms with E-state index >= 15 is 0 Å². The first kappa shape index (κ1) is 19.6. The Balaban J connectivity index is 1.57. The molecule has 0 bridgehead atoms. The third kappa shape index (κ3) is 3.75. The summed E-state index contributed by atoms with van der Waals surface area (Å²) in [7, 11) is -3.95. The number of anilines is 1. The zero-order valence-corrected chi connectivity index (χ0v) is 16.8. The highest BCUT2D eigenvalue weighted by Crippen LogP contribution is 2.16. The van der Waals surface area contributed by atoms with Gasteiger partial charge in [0, 0.05) is 5.69 Å². The number of hydrogen-bond donors (Lipinski definition) is 3. The van der Waals surface area contributed by atoms with Crippen LogP contribution in [-0.4, -0.2) is 24.0 Å². The molecule has 9 nitrogen and oxygen atoms in total. The number of fused-ring (bicyclic) bond motifs is 1. The van der Waals surface area contributed by atoms with E-state index in [9.17, 15) is 22.8 Å². The predicted molar refractivity (Wildman–Crippen MR) is 114 cm³/mol. The van der Waals surface area contributed by atoms with Gasteiger partial charge in [0.1, 0.15) is 4.21 Å². The van der Waals surface area contributed by atoms with Gasteiger partial charge < -0.3 is 10.3 Å². The Morgan fingerprint density at radius 1 is 0.967 bits per heavy atom. The van der Waals surface area contributed by atoms with Crippen LogP contribution >= 0.6 is 11.3 Å². The van der Waals surface area contributed by atoms with Crippen molar-refractivity contribution in [3.63, 3.8) is 0 Å². The van der Waals surface area contributed by atoms with E-state index in [-0.39, 0.29) is 9.90 Å². The summed E-state index contributed by atoms with van der Waals surface area (Å²) in [5.41, 5.74) is -0.0632. The molecule has 0 fully saturated rings. The van der Waals surface area contributed by atoms with Crippen molar-refractivity contribution in [2.45, 2.75) is 4.21 Å². The molecule has 2 aromatic carbocycles. The SMILES string of the molecule is O=C(Nc1ccc(-n2c(=O)[nH]c3ccccc3c2=O)cc1)NS(=O)(=O)c1cccs1. The van der Waals surface area contributed by atoms with Crippen molar-refractivity contribution in [3.05, 3.63) is 86.9 Å². The van der Waals surface area contributed by atoms with Crippen molar-refractivity contribution < 1.29 is 13.2 Å². The number of aromatic amines is 1. The number of para-hydroxylation sites is 1. The van der Waals surface area contributed by atoms with Gasteiger partial charge in [-0.25, -0.2) is 27.3 Å². The average molecular weight is 442 g/mol. The Kier molecular flexibility index (Phi) is 4.98. The monoisotopic (exact) mass is 442 g/mol. The van der Waals surface area contributed by atoms with Gasteiger partial charge in [0.05, 0.1) is 16.6 Å². The Hall–Kier alpha value is -3.70. The highest BCUT2D eigenvalue weighted by Gasteiger charge is 2.18. The average Bonchev–Trinajstić information content (AvgIpc) is 3.25. The lowest BCUT2D eigenvalue weighted by molar-refractivity contribution is 0.256. The molecule has 4 aromatic rings. The first-order valence-electron chi connectivity index (χ1n) is 8.57. The second-order valence-electron chi connectivity index (χ2n) is 6.15. The molecule has 2 aromatic heterocycles. The summed E-state index contributed by atoms with van der Waals surface area (Å²) in [6, 6.07) is 14.5. The van der Waals surface area contributed by atoms with E-state index in [0.29, 0.717) is 16.6 Å². The molecule has 0 aliphatic carbocycles. The number of aromatic nitrogens is 2. The van der Waals surface area contributed by atoms with Gasteiger partial charge in [-0.1, -0.05) is 18.2 Å². The number of urea groups is 1. The minimum absolute atomic E-state index is 0.0166. The van der Waals surface area contributed by atoms with Gasteiger partial charge in [0.15, 0.2) is 0 Å². The van der Waals surface area contributed by atoms with Gasteiger partial charge in [-0.3, -0.25) is 4.79 Å². The molecule has 0 radical (unpaired) electrons. The molecular formula is C19H14N4O5S2. The highest BCUT2D eigenvalue weighted by atomic mass is 32.2. The fourth-order valence-electron chi connectivity index (χ4n) is 2.84. The molecule has 3 N–H and O–H groups in total. The molecule has 0 spiro atoms. The second-order valence-corrected chi connectivity index (χ2v) is 9.01. The largest absolute Gasteiger partial charge is 0.333 e. The van der Waals surface area contributed by atoms with Crippen molar-refractivity contribution in [3.8, 4) is 5.69 Å². The summed E-state index contributed by atoms with van der Waals surface area (Å²) in [4.78, 5) is 39.7. The fraction of sp³-hybridized carbons (Fsp3) is 0. The van der Waals surface area contributed by atoms with Gasteiger partial charge >= 0.3 is 11.7 Å².